The molecule has 0 aromatic heterocycles. The summed E-state index contributed by atoms with van der Waals surface area (Å²) in [6.45, 7) is 8.24. The van der Waals surface area contributed by atoms with Gasteiger partial charge in [-0.3, -0.25) is 9.59 Å². The van der Waals surface area contributed by atoms with E-state index >= 15 is 0 Å². The first-order valence-corrected chi connectivity index (χ1v) is 7.21. The molecule has 1 aliphatic heterocycles. The van der Waals surface area contributed by atoms with Crippen LogP contribution in [0.2, 0.25) is 0 Å². The number of ether oxygens (including phenoxy) is 1. The molecule has 21 heavy (non-hydrogen) atoms. The molecular formula is C16H22N2O3. The number of nitrogens with zero attached hydrogens (tertiary/aromatic N) is 1. The van der Waals surface area contributed by atoms with E-state index in [2.05, 4.69) is 5.32 Å². The van der Waals surface area contributed by atoms with Crippen LogP contribution < -0.4 is 15.0 Å². The Morgan fingerprint density at radius 2 is 2.14 bits per heavy atom. The van der Waals surface area contributed by atoms with Crippen molar-refractivity contribution in [3.63, 3.8) is 0 Å². The Kier molecular flexibility index (Phi) is 4.21. The quantitative estimate of drug-likeness (QED) is 0.931. The standard InChI is InChI=1S/C16H22N2O3/c1-5-8-18-13-9-12(17-11(2)19)6-7-14(13)21-10-16(3,4)15(18)20/h6-7,9H,5,8,10H2,1-4H3,(H,17,19). The van der Waals surface area contributed by atoms with Crippen LogP contribution in [0.4, 0.5) is 11.4 Å². The largest absolute Gasteiger partial charge is 0.490 e. The van der Waals surface area contributed by atoms with Gasteiger partial charge in [0.05, 0.1) is 11.1 Å². The Hall–Kier alpha value is -2.04. The van der Waals surface area contributed by atoms with Crippen LogP contribution in [0.5, 0.6) is 5.75 Å². The molecule has 1 N–H and O–H groups in total. The summed E-state index contributed by atoms with van der Waals surface area (Å²) in [5, 5.41) is 2.74. The van der Waals surface area contributed by atoms with Gasteiger partial charge in [-0.05, 0) is 38.5 Å². The minimum atomic E-state index is -0.567. The van der Waals surface area contributed by atoms with Crippen molar-refractivity contribution in [2.24, 2.45) is 5.41 Å². The van der Waals surface area contributed by atoms with E-state index in [9.17, 15) is 9.59 Å². The number of carbonyl (C=O) groups is 2. The molecule has 1 heterocycles. The van der Waals surface area contributed by atoms with Gasteiger partial charge in [0.1, 0.15) is 12.4 Å². The van der Waals surface area contributed by atoms with Gasteiger partial charge in [0.15, 0.2) is 0 Å². The highest BCUT2D eigenvalue weighted by molar-refractivity contribution is 6.00. The average molecular weight is 290 g/mol. The maximum absolute atomic E-state index is 12.7. The topological polar surface area (TPSA) is 58.6 Å². The second-order valence-electron chi connectivity index (χ2n) is 5.99. The summed E-state index contributed by atoms with van der Waals surface area (Å²) < 4.78 is 5.80. The van der Waals surface area contributed by atoms with Crippen molar-refractivity contribution in [3.8, 4) is 5.75 Å². The van der Waals surface area contributed by atoms with Gasteiger partial charge in [0.2, 0.25) is 11.8 Å². The van der Waals surface area contributed by atoms with Gasteiger partial charge in [0.25, 0.3) is 0 Å². The van der Waals surface area contributed by atoms with Crippen molar-refractivity contribution in [2.45, 2.75) is 34.1 Å². The zero-order chi connectivity index (χ0) is 15.6. The smallest absolute Gasteiger partial charge is 0.236 e. The van der Waals surface area contributed by atoms with Gasteiger partial charge in [-0.25, -0.2) is 0 Å². The predicted octanol–water partition coefficient (Wildman–Crippen LogP) is 2.81. The maximum Gasteiger partial charge on any atom is 0.236 e. The first-order valence-electron chi connectivity index (χ1n) is 7.21. The zero-order valence-corrected chi connectivity index (χ0v) is 13.0. The Bertz CT molecular complexity index is 567. The van der Waals surface area contributed by atoms with Gasteiger partial charge in [0, 0.05) is 19.2 Å². The second kappa shape index (κ2) is 5.76. The summed E-state index contributed by atoms with van der Waals surface area (Å²) >= 11 is 0. The van der Waals surface area contributed by atoms with Gasteiger partial charge in [-0.2, -0.15) is 0 Å². The van der Waals surface area contributed by atoms with Crippen LogP contribution in [0.1, 0.15) is 34.1 Å². The monoisotopic (exact) mass is 290 g/mol. The van der Waals surface area contributed by atoms with E-state index < -0.39 is 5.41 Å². The minimum Gasteiger partial charge on any atom is -0.490 e. The summed E-state index contributed by atoms with van der Waals surface area (Å²) in [4.78, 5) is 25.7. The van der Waals surface area contributed by atoms with Crippen molar-refractivity contribution >= 4 is 23.2 Å². The number of amides is 2. The molecule has 0 saturated heterocycles. The molecule has 114 valence electrons. The molecule has 0 bridgehead atoms. The van der Waals surface area contributed by atoms with Crippen molar-refractivity contribution < 1.29 is 14.3 Å². The van der Waals surface area contributed by atoms with Gasteiger partial charge >= 0.3 is 0 Å². The third-order valence-electron chi connectivity index (χ3n) is 3.43. The average Bonchev–Trinajstić information content (AvgIpc) is 2.49. The van der Waals surface area contributed by atoms with Crippen molar-refractivity contribution in [2.75, 3.05) is 23.4 Å². The molecule has 5 nitrogen and oxygen atoms in total. The molecule has 5 heteroatoms. The third kappa shape index (κ3) is 3.17. The molecule has 0 spiro atoms. The normalized spacial score (nSPS) is 16.8. The predicted molar refractivity (Wildman–Crippen MR) is 82.7 cm³/mol. The Labute approximate surface area is 125 Å². The molecule has 0 radical (unpaired) electrons. The first-order chi connectivity index (χ1) is 9.85. The lowest BCUT2D eigenvalue weighted by Gasteiger charge is -2.27. The fourth-order valence-electron chi connectivity index (χ4n) is 2.37. The van der Waals surface area contributed by atoms with E-state index in [0.29, 0.717) is 24.6 Å². The molecule has 0 aliphatic carbocycles. The fraction of sp³-hybridized carbons (Fsp3) is 0.500. The lowest BCUT2D eigenvalue weighted by atomic mass is 9.93. The van der Waals surface area contributed by atoms with Crippen LogP contribution in [0, 0.1) is 5.41 Å². The maximum atomic E-state index is 12.7. The SMILES string of the molecule is CCCN1C(=O)C(C)(C)COc2ccc(NC(C)=O)cc21. The molecule has 0 saturated carbocycles. The van der Waals surface area contributed by atoms with E-state index in [4.69, 9.17) is 4.74 Å². The molecule has 2 rings (SSSR count). The number of benzene rings is 1. The number of nitrogens with one attached hydrogen (secondary N) is 1. The summed E-state index contributed by atoms with van der Waals surface area (Å²) in [7, 11) is 0. The highest BCUT2D eigenvalue weighted by atomic mass is 16.5. The molecule has 0 atom stereocenters. The summed E-state index contributed by atoms with van der Waals surface area (Å²) in [5.41, 5.74) is 0.819. The van der Waals surface area contributed by atoms with Crippen LogP contribution >= 0.6 is 0 Å². The van der Waals surface area contributed by atoms with E-state index in [1.54, 1.807) is 23.1 Å². The molecule has 1 aliphatic rings. The summed E-state index contributed by atoms with van der Waals surface area (Å²) in [5.74, 6) is 0.581. The molecule has 2 amide bonds. The Morgan fingerprint density at radius 3 is 2.76 bits per heavy atom. The van der Waals surface area contributed by atoms with Crippen LogP contribution in [0.3, 0.4) is 0 Å². The van der Waals surface area contributed by atoms with Crippen LogP contribution in [-0.4, -0.2) is 25.0 Å². The highest BCUT2D eigenvalue weighted by Crippen LogP contribution is 2.38. The summed E-state index contributed by atoms with van der Waals surface area (Å²) in [6.07, 6.45) is 0.853. The third-order valence-corrected chi connectivity index (χ3v) is 3.43. The van der Waals surface area contributed by atoms with E-state index in [0.717, 1.165) is 12.1 Å². The van der Waals surface area contributed by atoms with Crippen LogP contribution in [0.25, 0.3) is 0 Å². The number of carbonyl (C=O) groups excluding carboxylic acids is 2. The highest BCUT2D eigenvalue weighted by Gasteiger charge is 2.37. The van der Waals surface area contributed by atoms with Crippen molar-refractivity contribution in [1.82, 2.24) is 0 Å². The lowest BCUT2D eigenvalue weighted by molar-refractivity contribution is -0.127. The molecule has 0 fully saturated rings. The van der Waals surface area contributed by atoms with Gasteiger partial charge in [-0.15, -0.1) is 0 Å². The summed E-state index contributed by atoms with van der Waals surface area (Å²) in [6, 6.07) is 5.39. The number of hydrogen-bond donors (Lipinski definition) is 1. The molecule has 1 aromatic carbocycles. The number of anilines is 2. The van der Waals surface area contributed by atoms with Crippen LogP contribution in [-0.2, 0) is 9.59 Å². The number of hydrogen-bond acceptors (Lipinski definition) is 3. The Balaban J connectivity index is 2.46. The van der Waals surface area contributed by atoms with Crippen molar-refractivity contribution in [3.05, 3.63) is 18.2 Å². The number of fused-ring (bicyclic) bond motifs is 1. The number of rotatable bonds is 3. The van der Waals surface area contributed by atoms with Crippen LogP contribution in [0.15, 0.2) is 18.2 Å². The molecule has 1 aromatic rings. The fourth-order valence-corrected chi connectivity index (χ4v) is 2.37. The second-order valence-corrected chi connectivity index (χ2v) is 5.99. The first kappa shape index (κ1) is 15.4. The van der Waals surface area contributed by atoms with E-state index in [1.165, 1.54) is 6.92 Å². The van der Waals surface area contributed by atoms with Crippen molar-refractivity contribution in [1.29, 1.82) is 0 Å². The van der Waals surface area contributed by atoms with Gasteiger partial charge in [-0.1, -0.05) is 6.92 Å². The van der Waals surface area contributed by atoms with E-state index in [1.807, 2.05) is 20.8 Å². The van der Waals surface area contributed by atoms with E-state index in [-0.39, 0.29) is 11.8 Å². The Morgan fingerprint density at radius 1 is 1.43 bits per heavy atom. The van der Waals surface area contributed by atoms with Gasteiger partial charge < -0.3 is 15.0 Å². The zero-order valence-electron chi connectivity index (χ0n) is 13.0. The lowest BCUT2D eigenvalue weighted by Crippen LogP contribution is -2.42. The molecular weight excluding hydrogens is 268 g/mol. The minimum absolute atomic E-state index is 0.0445. The molecule has 0 unspecified atom stereocenters.